The molecule has 94 heavy (non-hydrogen) atoms. The predicted octanol–water partition coefficient (Wildman–Crippen LogP) is -9.95. The van der Waals surface area contributed by atoms with Gasteiger partial charge in [0.2, 0.25) is 0 Å². The average Bonchev–Trinajstić information content (AvgIpc) is 0.820. The van der Waals surface area contributed by atoms with Crippen molar-refractivity contribution < 1.29 is 153 Å². The van der Waals surface area contributed by atoms with Crippen LogP contribution in [0.1, 0.15) is 34.1 Å². The third-order valence-electron chi connectivity index (χ3n) is 16.5. The Balaban J connectivity index is 0.000000300. The molecule has 0 amide bonds. The molecule has 0 aromatic carbocycles. The maximum atomic E-state index is 11.8. The third kappa shape index (κ3) is 20.5. The maximum Gasteiger partial charge on any atom is 0.187 e. The van der Waals surface area contributed by atoms with E-state index in [1.54, 1.807) is 6.92 Å². The Morgan fingerprint density at radius 1 is 0.394 bits per heavy atom. The highest BCUT2D eigenvalue weighted by molar-refractivity contribution is 4.99. The van der Waals surface area contributed by atoms with Crippen LogP contribution >= 0.6 is 0 Å². The summed E-state index contributed by atoms with van der Waals surface area (Å²) >= 11 is 0. The highest BCUT2D eigenvalue weighted by Crippen LogP contribution is 2.34. The van der Waals surface area contributed by atoms with Crippen molar-refractivity contribution in [1.82, 2.24) is 15.0 Å². The topological polar surface area (TPSA) is 644 Å². The number of hydrazine groups is 3. The van der Waals surface area contributed by atoms with Gasteiger partial charge < -0.3 is 175 Å². The summed E-state index contributed by atoms with van der Waals surface area (Å²) in [6, 6.07) is 0. The Morgan fingerprint density at radius 2 is 0.660 bits per heavy atom. The fourth-order valence-electron chi connectivity index (χ4n) is 11.3. The number of ether oxygens (including phenoxy) is 13. The fraction of sp³-hybridized carbons (Fsp3) is 1.00. The van der Waals surface area contributed by atoms with E-state index in [1.165, 1.54) is 49.2 Å². The van der Waals surface area contributed by atoms with Crippen LogP contribution in [0.4, 0.5) is 0 Å². The van der Waals surface area contributed by atoms with Crippen molar-refractivity contribution in [3.05, 3.63) is 31.2 Å². The number of nitrogens with two attached hydrogens (primary N) is 1. The highest BCUT2D eigenvalue weighted by Gasteiger charge is 2.55. The summed E-state index contributed by atoms with van der Waals surface area (Å²) in [5, 5.41) is 230. The van der Waals surface area contributed by atoms with Crippen LogP contribution in [0, 0.1) is 31.2 Å². The van der Waals surface area contributed by atoms with Gasteiger partial charge in [0.1, 0.15) is 173 Å². The lowest BCUT2D eigenvalue weighted by Gasteiger charge is -2.46. The zero-order valence-corrected chi connectivity index (χ0v) is 52.9. The van der Waals surface area contributed by atoms with E-state index in [0.717, 1.165) is 15.0 Å². The lowest BCUT2D eigenvalue weighted by molar-refractivity contribution is -0.693. The van der Waals surface area contributed by atoms with Crippen LogP contribution in [0.25, 0.3) is 0 Å². The van der Waals surface area contributed by atoms with E-state index in [4.69, 9.17) is 67.3 Å². The SMILES string of the molecule is CCCN(C[C@H]1O[C@H](OC2[C@@H](CO)O[C@H](C)[C@H](O)[C@H]2O)[C@H](O)[C@@H](O)[C@@H]1OC)/[N+]([O-])=N/[O-].COCCN(C[C@H]1O[C@H](OC2[C@@H](CO)O[C@H](C)[C@H](O)[C@H]2O)[C@H](O)[C@@H](O)[C@@H]1OC)/[N+]([O-])=N/[O-].CO[C@H]1[C@H](O)[C@@H](O)[C@@H](OC2[C@@H](CO)O[C@H](C)[C@H](O)[C@H]2O)O[C@@H]1CN(CCN)/[N+]([O-])=N/[O-]. The van der Waals surface area contributed by atoms with Crippen LogP contribution in [-0.2, 0) is 61.6 Å². The Labute approximate surface area is 538 Å². The molecular weight excluding hydrogens is 1280 g/mol. The number of hydrogen-bond acceptors (Lipinski definition) is 38. The van der Waals surface area contributed by atoms with Crippen molar-refractivity contribution in [1.29, 1.82) is 0 Å². The molecule has 0 bridgehead atoms. The van der Waals surface area contributed by atoms with Gasteiger partial charge in [-0.2, -0.15) is 0 Å². The third-order valence-corrected chi connectivity index (χ3v) is 16.5. The van der Waals surface area contributed by atoms with E-state index in [1.807, 2.05) is 0 Å². The standard InChI is InChI=1S/C17H33N3O12.C17H33N3O11.C16H32N4O11/c1-8-11(22)12(23)16(10(7-21)30-8)32-17-14(25)13(24)15(29-3)9(31-17)6-19(4-5-28-2)20(27)18-26;1-4-5-19(20(27)18-26)6-9-15(28-3)13(24)14(25)17(30-9)31-16-10(7-21)29-8(2)11(22)12(16)23;1-7-10(22)11(23)15(9(6-21)29-7)31-16-13(25)12(24)14(28-2)8(30-16)5-19(4-3-17)20(27)18-26/h8-17,21-26H,4-7H2,1-3H3;8-17,21-26H,4-7H2,1-3H3;7-16,21-26H,3-6,17H2,1-2H3/p-3/b3*20-18-/t2*8-,9-,10-,11+,12-,13-,14-,15-,16?,17-;7-,8-,9-,10+,11-,12-,13-,14-,15?,16-/m111/s1. The largest absolute Gasteiger partial charge is 0.737 e. The summed E-state index contributed by atoms with van der Waals surface area (Å²) < 4.78 is 70.7. The minimum absolute atomic E-state index is 0.00357. The van der Waals surface area contributed by atoms with Gasteiger partial charge in [-0.25, -0.2) is 0 Å². The Hall–Kier alpha value is -4.16. The molecule has 6 rings (SSSR count). The zero-order valence-electron chi connectivity index (χ0n) is 52.9. The lowest BCUT2D eigenvalue weighted by Crippen LogP contribution is -2.65. The molecule has 6 fully saturated rings. The second-order valence-corrected chi connectivity index (χ2v) is 22.6. The first-order valence-electron chi connectivity index (χ1n) is 29.9. The van der Waals surface area contributed by atoms with Gasteiger partial charge in [0.05, 0.1) is 57.8 Å². The molecule has 44 nitrogen and oxygen atoms in total. The van der Waals surface area contributed by atoms with Gasteiger partial charge in [0, 0.05) is 49.9 Å². The van der Waals surface area contributed by atoms with Crippen molar-refractivity contribution >= 4 is 0 Å². The molecule has 0 aromatic heterocycles. The first-order valence-corrected chi connectivity index (χ1v) is 29.9. The minimum atomic E-state index is -1.65. The number of rotatable bonds is 28. The number of hydrogen-bond donors (Lipinski definition) is 16. The summed E-state index contributed by atoms with van der Waals surface area (Å²) in [6.45, 7) is 3.92. The maximum absolute atomic E-state index is 11.8. The molecule has 6 heterocycles. The van der Waals surface area contributed by atoms with Crippen molar-refractivity contribution in [2.24, 2.45) is 21.6 Å². The summed E-state index contributed by atoms with van der Waals surface area (Å²) in [5.74, 6) is 0. The first-order chi connectivity index (χ1) is 44.6. The Kier molecular flexibility index (Phi) is 34.5. The Bertz CT molecular complexity index is 2140. The molecule has 0 aromatic rings. The van der Waals surface area contributed by atoms with Crippen molar-refractivity contribution in [2.45, 2.75) is 218 Å². The number of aliphatic hydroxyl groups is 15. The van der Waals surface area contributed by atoms with Gasteiger partial charge in [0.25, 0.3) is 0 Å². The molecule has 17 N–H and O–H groups in total. The molecule has 44 heteroatoms. The predicted molar refractivity (Wildman–Crippen MR) is 304 cm³/mol. The second-order valence-electron chi connectivity index (χ2n) is 22.6. The normalized spacial score (nSPS) is 41.6. The molecular formula is C50H95N10O34-3. The monoisotopic (exact) mass is 1380 g/mol. The van der Waals surface area contributed by atoms with Crippen LogP contribution in [0.15, 0.2) is 15.8 Å². The first kappa shape index (κ1) is 82.3. The highest BCUT2D eigenvalue weighted by atomic mass is 16.7. The molecule has 0 radical (unpaired) electrons. The molecule has 6 saturated heterocycles. The average molecular weight is 1380 g/mol. The van der Waals surface area contributed by atoms with Crippen LogP contribution in [0.2, 0.25) is 0 Å². The van der Waals surface area contributed by atoms with E-state index in [-0.39, 0.29) is 67.3 Å². The van der Waals surface area contributed by atoms with E-state index in [9.17, 15) is 108 Å². The minimum Gasteiger partial charge on any atom is -0.737 e. The van der Waals surface area contributed by atoms with Crippen LogP contribution in [0.5, 0.6) is 0 Å². The van der Waals surface area contributed by atoms with Gasteiger partial charge >= 0.3 is 0 Å². The van der Waals surface area contributed by atoms with Gasteiger partial charge in [-0.3, -0.25) is 0 Å². The molecule has 0 aliphatic carbocycles. The van der Waals surface area contributed by atoms with Crippen molar-refractivity contribution in [3.63, 3.8) is 0 Å². The lowest BCUT2D eigenvalue weighted by atomic mass is 9.94. The molecule has 6 aliphatic heterocycles. The van der Waals surface area contributed by atoms with Crippen LogP contribution < -0.4 is 5.73 Å². The van der Waals surface area contributed by atoms with Gasteiger partial charge in [-0.05, 0) is 43.0 Å². The summed E-state index contributed by atoms with van der Waals surface area (Å²) in [5.41, 5.74) is 5.44. The zero-order chi connectivity index (χ0) is 70.6. The number of methoxy groups -OCH3 is 4. The van der Waals surface area contributed by atoms with Crippen LogP contribution in [-0.4, -0.2) is 391 Å². The molecule has 552 valence electrons. The van der Waals surface area contributed by atoms with Crippen LogP contribution in [0.3, 0.4) is 0 Å². The molecule has 3 unspecified atom stereocenters. The van der Waals surface area contributed by atoms with E-state index < -0.39 is 203 Å². The van der Waals surface area contributed by atoms with Gasteiger partial charge in [-0.1, -0.05) is 6.92 Å². The van der Waals surface area contributed by atoms with E-state index >= 15 is 0 Å². The molecule has 30 atom stereocenters. The van der Waals surface area contributed by atoms with Crippen molar-refractivity contribution in [3.8, 4) is 0 Å². The second kappa shape index (κ2) is 39.4. The molecule has 0 spiro atoms. The molecule has 0 saturated carbocycles. The van der Waals surface area contributed by atoms with E-state index in [2.05, 4.69) is 15.8 Å². The summed E-state index contributed by atoms with van der Waals surface area (Å²) in [4.78, 5) is -0.583. The number of aliphatic hydroxyl groups excluding tert-OH is 15. The fourth-order valence-corrected chi connectivity index (χ4v) is 11.3. The van der Waals surface area contributed by atoms with Gasteiger partial charge in [-0.15, -0.1) is 15.0 Å². The quantitative estimate of drug-likeness (QED) is 0.0196. The molecule has 6 aliphatic rings. The van der Waals surface area contributed by atoms with Gasteiger partial charge in [0.15, 0.2) is 18.9 Å². The van der Waals surface area contributed by atoms with E-state index in [0.29, 0.717) is 6.42 Å². The summed E-state index contributed by atoms with van der Waals surface area (Å²) in [6.07, 6.45) is -38.1. The Morgan fingerprint density at radius 3 is 0.894 bits per heavy atom. The van der Waals surface area contributed by atoms with Crippen molar-refractivity contribution in [2.75, 3.05) is 101 Å². The summed E-state index contributed by atoms with van der Waals surface area (Å²) in [7, 11) is 5.16. The number of nitrogens with zero attached hydrogens (tertiary/aromatic N) is 9. The smallest absolute Gasteiger partial charge is 0.187 e.